The number of thioether (sulfide) groups is 1. The molecule has 1 rings (SSSR count). The lowest BCUT2D eigenvalue weighted by Crippen LogP contribution is -1.89. The van der Waals surface area contributed by atoms with E-state index in [1.54, 1.807) is 11.8 Å². The zero-order valence-corrected chi connectivity index (χ0v) is 10.9. The molecule has 0 aromatic heterocycles. The molecule has 0 N–H and O–H groups in total. The SMILES string of the molecule is O=CCSCCCCCc1ccccc1Cl. The first-order chi connectivity index (χ1) is 7.84. The molecule has 0 saturated carbocycles. The van der Waals surface area contributed by atoms with Crippen LogP contribution in [0.4, 0.5) is 0 Å². The fourth-order valence-corrected chi connectivity index (χ4v) is 2.43. The Labute approximate surface area is 107 Å². The second kappa shape index (κ2) is 8.66. The molecule has 0 unspecified atom stereocenters. The zero-order chi connectivity index (χ0) is 11.6. The number of aryl methyl sites for hydroxylation is 1. The Morgan fingerprint density at radius 2 is 2.00 bits per heavy atom. The summed E-state index contributed by atoms with van der Waals surface area (Å²) >= 11 is 7.77. The number of halogens is 1. The third-order valence-corrected chi connectivity index (χ3v) is 3.70. The monoisotopic (exact) mass is 256 g/mol. The fraction of sp³-hybridized carbons (Fsp3) is 0.462. The van der Waals surface area contributed by atoms with Crippen LogP contribution in [-0.4, -0.2) is 17.8 Å². The predicted octanol–water partition coefficient (Wildman–Crippen LogP) is 3.98. The molecule has 0 saturated heterocycles. The van der Waals surface area contributed by atoms with Gasteiger partial charge in [-0.05, 0) is 36.6 Å². The van der Waals surface area contributed by atoms with Crippen LogP contribution in [0.3, 0.4) is 0 Å². The van der Waals surface area contributed by atoms with Crippen molar-refractivity contribution in [1.82, 2.24) is 0 Å². The van der Waals surface area contributed by atoms with E-state index in [1.807, 2.05) is 18.2 Å². The summed E-state index contributed by atoms with van der Waals surface area (Å²) in [6, 6.07) is 8.02. The average molecular weight is 257 g/mol. The van der Waals surface area contributed by atoms with Crippen LogP contribution in [0.1, 0.15) is 24.8 Å². The molecule has 0 aliphatic carbocycles. The second-order valence-electron chi connectivity index (χ2n) is 3.64. The fourth-order valence-electron chi connectivity index (χ4n) is 1.53. The first-order valence-corrected chi connectivity index (χ1v) is 7.12. The maximum atomic E-state index is 10.1. The summed E-state index contributed by atoms with van der Waals surface area (Å²) in [5.74, 6) is 1.71. The van der Waals surface area contributed by atoms with Gasteiger partial charge in [0.05, 0.1) is 0 Å². The number of hydrogen-bond donors (Lipinski definition) is 0. The van der Waals surface area contributed by atoms with Crippen LogP contribution in [0.25, 0.3) is 0 Å². The van der Waals surface area contributed by atoms with Crippen molar-refractivity contribution in [3.8, 4) is 0 Å². The first kappa shape index (κ1) is 13.6. The molecule has 0 fully saturated rings. The minimum atomic E-state index is 0.629. The number of carbonyl (C=O) groups is 1. The van der Waals surface area contributed by atoms with Crippen molar-refractivity contribution in [3.63, 3.8) is 0 Å². The smallest absolute Gasteiger partial charge is 0.129 e. The molecule has 0 atom stereocenters. The molecule has 88 valence electrons. The van der Waals surface area contributed by atoms with E-state index in [0.717, 1.165) is 23.5 Å². The summed E-state index contributed by atoms with van der Waals surface area (Å²) in [6.45, 7) is 0. The minimum Gasteiger partial charge on any atom is -0.302 e. The first-order valence-electron chi connectivity index (χ1n) is 5.59. The van der Waals surface area contributed by atoms with E-state index in [1.165, 1.54) is 24.8 Å². The Balaban J connectivity index is 2.07. The summed E-state index contributed by atoms with van der Waals surface area (Å²) in [5.41, 5.74) is 1.24. The van der Waals surface area contributed by atoms with Crippen molar-refractivity contribution in [2.24, 2.45) is 0 Å². The predicted molar refractivity (Wildman–Crippen MR) is 72.4 cm³/mol. The van der Waals surface area contributed by atoms with E-state index in [9.17, 15) is 4.79 Å². The van der Waals surface area contributed by atoms with Gasteiger partial charge in [-0.1, -0.05) is 36.2 Å². The highest BCUT2D eigenvalue weighted by Gasteiger charge is 1.98. The summed E-state index contributed by atoms with van der Waals surface area (Å²) in [7, 11) is 0. The molecule has 1 aromatic carbocycles. The van der Waals surface area contributed by atoms with Gasteiger partial charge in [0, 0.05) is 10.8 Å². The van der Waals surface area contributed by atoms with Crippen molar-refractivity contribution in [3.05, 3.63) is 34.9 Å². The number of aldehydes is 1. The van der Waals surface area contributed by atoms with Gasteiger partial charge in [-0.3, -0.25) is 0 Å². The molecule has 16 heavy (non-hydrogen) atoms. The van der Waals surface area contributed by atoms with Gasteiger partial charge in [-0.2, -0.15) is 11.8 Å². The number of benzene rings is 1. The summed E-state index contributed by atoms with van der Waals surface area (Å²) in [6.07, 6.45) is 5.58. The largest absolute Gasteiger partial charge is 0.302 e. The van der Waals surface area contributed by atoms with E-state index in [4.69, 9.17) is 11.6 Å². The molecule has 0 spiro atoms. The maximum Gasteiger partial charge on any atom is 0.129 e. The average Bonchev–Trinajstić information content (AvgIpc) is 2.30. The Hall–Kier alpha value is -0.470. The van der Waals surface area contributed by atoms with Crippen molar-refractivity contribution < 1.29 is 4.79 Å². The lowest BCUT2D eigenvalue weighted by atomic mass is 10.1. The lowest BCUT2D eigenvalue weighted by Gasteiger charge is -2.03. The standard InChI is InChI=1S/C13H17ClOS/c14-13-8-4-3-7-12(13)6-2-1-5-10-16-11-9-15/h3-4,7-9H,1-2,5-6,10-11H2. The topological polar surface area (TPSA) is 17.1 Å². The van der Waals surface area contributed by atoms with Gasteiger partial charge < -0.3 is 4.79 Å². The van der Waals surface area contributed by atoms with E-state index in [-0.39, 0.29) is 0 Å². The summed E-state index contributed by atoms with van der Waals surface area (Å²) in [4.78, 5) is 10.1. The van der Waals surface area contributed by atoms with Gasteiger partial charge >= 0.3 is 0 Å². The van der Waals surface area contributed by atoms with E-state index >= 15 is 0 Å². The molecule has 0 aliphatic rings. The van der Waals surface area contributed by atoms with Crippen LogP contribution < -0.4 is 0 Å². The van der Waals surface area contributed by atoms with Crippen molar-refractivity contribution in [2.45, 2.75) is 25.7 Å². The quantitative estimate of drug-likeness (QED) is 0.517. The molecular weight excluding hydrogens is 240 g/mol. The summed E-state index contributed by atoms with van der Waals surface area (Å²) < 4.78 is 0. The van der Waals surface area contributed by atoms with Crippen molar-refractivity contribution >= 4 is 29.6 Å². The van der Waals surface area contributed by atoms with Crippen LogP contribution in [0.15, 0.2) is 24.3 Å². The highest BCUT2D eigenvalue weighted by Crippen LogP contribution is 2.17. The number of unbranched alkanes of at least 4 members (excludes halogenated alkanes) is 2. The Bertz CT molecular complexity index is 315. The van der Waals surface area contributed by atoms with Crippen LogP contribution >= 0.6 is 23.4 Å². The van der Waals surface area contributed by atoms with Gasteiger partial charge in [0.2, 0.25) is 0 Å². The molecule has 0 amide bonds. The molecule has 0 bridgehead atoms. The van der Waals surface area contributed by atoms with Crippen LogP contribution in [-0.2, 0) is 11.2 Å². The molecular formula is C13H17ClOS. The van der Waals surface area contributed by atoms with Gasteiger partial charge in [0.15, 0.2) is 0 Å². The lowest BCUT2D eigenvalue weighted by molar-refractivity contribution is -0.105. The molecule has 1 aromatic rings. The van der Waals surface area contributed by atoms with Gasteiger partial charge in [-0.15, -0.1) is 0 Å². The van der Waals surface area contributed by atoms with Gasteiger partial charge in [-0.25, -0.2) is 0 Å². The van der Waals surface area contributed by atoms with Gasteiger partial charge in [0.25, 0.3) is 0 Å². The van der Waals surface area contributed by atoms with Crippen molar-refractivity contribution in [1.29, 1.82) is 0 Å². The molecule has 1 nitrogen and oxygen atoms in total. The highest BCUT2D eigenvalue weighted by molar-refractivity contribution is 7.99. The van der Waals surface area contributed by atoms with E-state index < -0.39 is 0 Å². The molecule has 0 radical (unpaired) electrons. The van der Waals surface area contributed by atoms with Crippen LogP contribution in [0, 0.1) is 0 Å². The van der Waals surface area contributed by atoms with Crippen LogP contribution in [0.5, 0.6) is 0 Å². The number of hydrogen-bond acceptors (Lipinski definition) is 2. The maximum absolute atomic E-state index is 10.1. The molecule has 0 aliphatic heterocycles. The zero-order valence-electron chi connectivity index (χ0n) is 9.32. The third-order valence-electron chi connectivity index (χ3n) is 2.38. The number of carbonyl (C=O) groups excluding carboxylic acids is 1. The Morgan fingerprint density at radius 1 is 1.19 bits per heavy atom. The van der Waals surface area contributed by atoms with E-state index in [2.05, 4.69) is 6.07 Å². The van der Waals surface area contributed by atoms with Crippen molar-refractivity contribution in [2.75, 3.05) is 11.5 Å². The van der Waals surface area contributed by atoms with E-state index in [0.29, 0.717) is 5.75 Å². The normalized spacial score (nSPS) is 10.3. The third kappa shape index (κ3) is 5.57. The molecule has 0 heterocycles. The van der Waals surface area contributed by atoms with Crippen LogP contribution in [0.2, 0.25) is 5.02 Å². The van der Waals surface area contributed by atoms with Gasteiger partial charge in [0.1, 0.15) is 6.29 Å². The Morgan fingerprint density at radius 3 is 2.75 bits per heavy atom. The summed E-state index contributed by atoms with van der Waals surface area (Å²) in [5, 5.41) is 0.873. The molecule has 3 heteroatoms. The Kier molecular flexibility index (Phi) is 7.35. The highest BCUT2D eigenvalue weighted by atomic mass is 35.5. The second-order valence-corrected chi connectivity index (χ2v) is 5.20. The minimum absolute atomic E-state index is 0.629. The number of rotatable bonds is 8.